The van der Waals surface area contributed by atoms with Crippen molar-refractivity contribution >= 4 is 6.29 Å². The van der Waals surface area contributed by atoms with E-state index in [1.165, 1.54) is 0 Å². The Bertz CT molecular complexity index is 175. The average Bonchev–Trinajstić information content (AvgIpc) is 2.20. The zero-order valence-electron chi connectivity index (χ0n) is 8.92. The van der Waals surface area contributed by atoms with E-state index >= 15 is 0 Å². The second-order valence-corrected chi connectivity index (χ2v) is 3.38. The quantitative estimate of drug-likeness (QED) is 0.451. The third-order valence-corrected chi connectivity index (χ3v) is 2.47. The number of rotatable bonds is 6. The molecule has 0 saturated carbocycles. The molecule has 1 heteroatoms. The Hall–Kier alpha value is -0.850. The van der Waals surface area contributed by atoms with Crippen molar-refractivity contribution in [1.82, 2.24) is 0 Å². The Labute approximate surface area is 81.5 Å². The monoisotopic (exact) mass is 180 g/mol. The Morgan fingerprint density at radius 2 is 1.54 bits per heavy atom. The van der Waals surface area contributed by atoms with Crippen LogP contribution in [0.4, 0.5) is 0 Å². The predicted molar refractivity (Wildman–Crippen MR) is 57.7 cm³/mol. The van der Waals surface area contributed by atoms with Crippen molar-refractivity contribution in [3.8, 4) is 0 Å². The summed E-state index contributed by atoms with van der Waals surface area (Å²) in [5.74, 6) is 0. The molecule has 0 radical (unpaired) electrons. The van der Waals surface area contributed by atoms with Crippen LogP contribution < -0.4 is 0 Å². The highest BCUT2D eigenvalue weighted by Crippen LogP contribution is 2.29. The van der Waals surface area contributed by atoms with Crippen molar-refractivity contribution in [1.29, 1.82) is 0 Å². The van der Waals surface area contributed by atoms with Gasteiger partial charge in [-0.2, -0.15) is 0 Å². The number of hydrogen-bond donors (Lipinski definition) is 0. The van der Waals surface area contributed by atoms with E-state index in [1.807, 2.05) is 26.0 Å². The van der Waals surface area contributed by atoms with Crippen LogP contribution in [0.5, 0.6) is 0 Å². The molecule has 0 atom stereocenters. The first kappa shape index (κ1) is 12.2. The van der Waals surface area contributed by atoms with Crippen molar-refractivity contribution in [2.75, 3.05) is 0 Å². The number of carbonyl (C=O) groups is 1. The van der Waals surface area contributed by atoms with E-state index in [-0.39, 0.29) is 5.41 Å². The molecule has 0 fully saturated rings. The fraction of sp³-hybridized carbons (Fsp3) is 0.583. The molecule has 13 heavy (non-hydrogen) atoms. The summed E-state index contributed by atoms with van der Waals surface area (Å²) in [6.07, 6.45) is 11.9. The maximum atomic E-state index is 11.0. The van der Waals surface area contributed by atoms with Gasteiger partial charge in [0.05, 0.1) is 0 Å². The maximum Gasteiger partial charge on any atom is 0.126 e. The Morgan fingerprint density at radius 1 is 1.08 bits per heavy atom. The summed E-state index contributed by atoms with van der Waals surface area (Å²) in [5.41, 5.74) is -0.168. The molecule has 0 aliphatic rings. The molecule has 1 nitrogen and oxygen atoms in total. The van der Waals surface area contributed by atoms with E-state index in [0.717, 1.165) is 25.5 Å². The molecule has 0 aromatic heterocycles. The van der Waals surface area contributed by atoms with Gasteiger partial charge in [0.25, 0.3) is 0 Å². The van der Waals surface area contributed by atoms with Gasteiger partial charge in [-0.3, -0.25) is 0 Å². The molecular formula is C12H20O. The molecule has 0 aliphatic carbocycles. The summed E-state index contributed by atoms with van der Waals surface area (Å²) in [6.45, 7) is 6.04. The molecule has 0 aliphatic heterocycles. The lowest BCUT2D eigenvalue weighted by Crippen LogP contribution is -2.19. The molecule has 0 rings (SSSR count). The van der Waals surface area contributed by atoms with Crippen LogP contribution in [-0.2, 0) is 4.79 Å². The van der Waals surface area contributed by atoms with Gasteiger partial charge in [-0.15, -0.1) is 0 Å². The topological polar surface area (TPSA) is 17.1 Å². The van der Waals surface area contributed by atoms with Crippen molar-refractivity contribution in [3.05, 3.63) is 24.3 Å². The average molecular weight is 180 g/mol. The van der Waals surface area contributed by atoms with E-state index in [4.69, 9.17) is 0 Å². The molecule has 0 aromatic rings. The minimum absolute atomic E-state index is 0.168. The molecule has 0 saturated heterocycles. The Morgan fingerprint density at radius 3 is 1.77 bits per heavy atom. The highest BCUT2D eigenvalue weighted by Gasteiger charge is 2.24. The van der Waals surface area contributed by atoms with Crippen LogP contribution >= 0.6 is 0 Å². The third-order valence-electron chi connectivity index (χ3n) is 2.47. The lowest BCUT2D eigenvalue weighted by molar-refractivity contribution is -0.116. The summed E-state index contributed by atoms with van der Waals surface area (Å²) in [5, 5.41) is 0. The number of allylic oxidation sites excluding steroid dienone is 4. The molecule has 0 bridgehead atoms. The van der Waals surface area contributed by atoms with Gasteiger partial charge in [-0.05, 0) is 33.1 Å². The van der Waals surface area contributed by atoms with Gasteiger partial charge in [-0.25, -0.2) is 0 Å². The van der Waals surface area contributed by atoms with Crippen LogP contribution in [0, 0.1) is 5.41 Å². The normalized spacial score (nSPS) is 16.5. The van der Waals surface area contributed by atoms with Crippen molar-refractivity contribution in [2.24, 2.45) is 5.41 Å². The minimum Gasteiger partial charge on any atom is -0.303 e. The first-order valence-corrected chi connectivity index (χ1v) is 4.93. The Kier molecular flexibility index (Phi) is 6.21. The summed E-state index contributed by atoms with van der Waals surface area (Å²) < 4.78 is 0. The zero-order valence-corrected chi connectivity index (χ0v) is 8.92. The highest BCUT2D eigenvalue weighted by molar-refractivity contribution is 5.60. The highest BCUT2D eigenvalue weighted by atomic mass is 16.1. The molecule has 0 amide bonds. The summed E-state index contributed by atoms with van der Waals surface area (Å²) in [4.78, 5) is 11.0. The minimum atomic E-state index is -0.168. The van der Waals surface area contributed by atoms with Gasteiger partial charge >= 0.3 is 0 Å². The van der Waals surface area contributed by atoms with Crippen molar-refractivity contribution in [3.63, 3.8) is 0 Å². The first-order chi connectivity index (χ1) is 6.24. The van der Waals surface area contributed by atoms with E-state index in [9.17, 15) is 4.79 Å². The standard InChI is InChI=1S/C12H20O/c1-4-7-9-12(6-3,11-13)10-8-5-2/h4-5,7-8,11H,6,9-10H2,1-3H3. The van der Waals surface area contributed by atoms with Crippen LogP contribution in [0.1, 0.15) is 40.0 Å². The van der Waals surface area contributed by atoms with Gasteiger partial charge in [0.2, 0.25) is 0 Å². The molecular weight excluding hydrogens is 160 g/mol. The van der Waals surface area contributed by atoms with Crippen molar-refractivity contribution in [2.45, 2.75) is 40.0 Å². The summed E-state index contributed by atoms with van der Waals surface area (Å²) in [6, 6.07) is 0. The van der Waals surface area contributed by atoms with Gasteiger partial charge in [0.15, 0.2) is 0 Å². The fourth-order valence-corrected chi connectivity index (χ4v) is 1.26. The molecule has 0 aromatic carbocycles. The molecule has 0 N–H and O–H groups in total. The van der Waals surface area contributed by atoms with E-state index < -0.39 is 0 Å². The van der Waals surface area contributed by atoms with E-state index in [2.05, 4.69) is 19.1 Å². The first-order valence-electron chi connectivity index (χ1n) is 4.93. The van der Waals surface area contributed by atoms with Crippen LogP contribution in [-0.4, -0.2) is 6.29 Å². The van der Waals surface area contributed by atoms with Crippen LogP contribution in [0.2, 0.25) is 0 Å². The molecule has 0 heterocycles. The summed E-state index contributed by atoms with van der Waals surface area (Å²) >= 11 is 0. The fourth-order valence-electron chi connectivity index (χ4n) is 1.26. The Balaban J connectivity index is 4.38. The van der Waals surface area contributed by atoms with Gasteiger partial charge in [0, 0.05) is 5.41 Å². The third kappa shape index (κ3) is 4.07. The molecule has 0 spiro atoms. The van der Waals surface area contributed by atoms with E-state index in [1.54, 1.807) is 0 Å². The number of hydrogen-bond acceptors (Lipinski definition) is 1. The largest absolute Gasteiger partial charge is 0.303 e. The van der Waals surface area contributed by atoms with Crippen LogP contribution in [0.15, 0.2) is 24.3 Å². The molecule has 0 unspecified atom stereocenters. The van der Waals surface area contributed by atoms with E-state index in [0.29, 0.717) is 0 Å². The predicted octanol–water partition coefficient (Wildman–Crippen LogP) is 3.51. The zero-order chi connectivity index (χ0) is 10.2. The van der Waals surface area contributed by atoms with Crippen LogP contribution in [0.3, 0.4) is 0 Å². The lowest BCUT2D eigenvalue weighted by atomic mass is 9.80. The number of carbonyl (C=O) groups excluding carboxylic acids is 1. The lowest BCUT2D eigenvalue weighted by Gasteiger charge is -2.23. The maximum absolute atomic E-state index is 11.0. The second-order valence-electron chi connectivity index (χ2n) is 3.38. The van der Waals surface area contributed by atoms with Crippen LogP contribution in [0.25, 0.3) is 0 Å². The van der Waals surface area contributed by atoms with Gasteiger partial charge in [0.1, 0.15) is 6.29 Å². The van der Waals surface area contributed by atoms with Crippen molar-refractivity contribution < 1.29 is 4.79 Å². The summed E-state index contributed by atoms with van der Waals surface area (Å²) in [7, 11) is 0. The smallest absolute Gasteiger partial charge is 0.126 e. The second kappa shape index (κ2) is 6.64. The number of aldehydes is 1. The van der Waals surface area contributed by atoms with Gasteiger partial charge in [-0.1, -0.05) is 31.2 Å². The SMILES string of the molecule is CC=CCC(C=O)(CC)CC=CC. The molecule has 74 valence electrons. The van der Waals surface area contributed by atoms with Gasteiger partial charge < -0.3 is 4.79 Å².